The van der Waals surface area contributed by atoms with Gasteiger partial charge in [0.1, 0.15) is 12.4 Å². The topological polar surface area (TPSA) is 98.5 Å². The fourth-order valence-corrected chi connectivity index (χ4v) is 2.97. The number of aromatic nitrogens is 1. The molecule has 0 aliphatic rings. The molecule has 0 atom stereocenters. The van der Waals surface area contributed by atoms with Gasteiger partial charge >= 0.3 is 0 Å². The maximum atomic E-state index is 12.2. The SMILES string of the molecule is CS(=O)(=O)c1ccc(C(=O)Nc2ccc(OCc3cccnc3)c(Cl)c2)o1. The smallest absolute Gasteiger partial charge is 0.291 e. The zero-order chi connectivity index (χ0) is 19.4. The van der Waals surface area contributed by atoms with E-state index in [0.717, 1.165) is 11.8 Å². The number of anilines is 1. The number of amides is 1. The highest BCUT2D eigenvalue weighted by atomic mass is 35.5. The van der Waals surface area contributed by atoms with Crippen molar-refractivity contribution in [3.63, 3.8) is 0 Å². The van der Waals surface area contributed by atoms with Crippen molar-refractivity contribution in [1.82, 2.24) is 4.98 Å². The molecule has 2 heterocycles. The van der Waals surface area contributed by atoms with Crippen molar-refractivity contribution in [3.05, 3.63) is 71.2 Å². The predicted octanol–water partition coefficient (Wildman–Crippen LogP) is 3.56. The van der Waals surface area contributed by atoms with Crippen molar-refractivity contribution < 1.29 is 22.4 Å². The molecule has 3 rings (SSSR count). The Morgan fingerprint density at radius 1 is 1.26 bits per heavy atom. The maximum absolute atomic E-state index is 12.2. The number of pyridine rings is 1. The van der Waals surface area contributed by atoms with Crippen LogP contribution in [-0.4, -0.2) is 25.6 Å². The van der Waals surface area contributed by atoms with E-state index in [1.807, 2.05) is 12.1 Å². The van der Waals surface area contributed by atoms with E-state index < -0.39 is 15.7 Å². The number of hydrogen-bond acceptors (Lipinski definition) is 6. The van der Waals surface area contributed by atoms with Gasteiger partial charge in [0.2, 0.25) is 14.9 Å². The third kappa shape index (κ3) is 4.87. The van der Waals surface area contributed by atoms with Gasteiger partial charge < -0.3 is 14.5 Å². The van der Waals surface area contributed by atoms with Crippen LogP contribution in [0.25, 0.3) is 0 Å². The summed E-state index contributed by atoms with van der Waals surface area (Å²) in [6.07, 6.45) is 4.36. The molecule has 0 unspecified atom stereocenters. The minimum Gasteiger partial charge on any atom is -0.487 e. The van der Waals surface area contributed by atoms with Gasteiger partial charge in [-0.05, 0) is 36.4 Å². The summed E-state index contributed by atoms with van der Waals surface area (Å²) in [5, 5.41) is 2.63. The van der Waals surface area contributed by atoms with E-state index >= 15 is 0 Å². The lowest BCUT2D eigenvalue weighted by molar-refractivity contribution is 0.0991. The van der Waals surface area contributed by atoms with Gasteiger partial charge in [0.25, 0.3) is 5.91 Å². The Bertz CT molecular complexity index is 1060. The number of halogens is 1. The van der Waals surface area contributed by atoms with Crippen LogP contribution in [0, 0.1) is 0 Å². The lowest BCUT2D eigenvalue weighted by Crippen LogP contribution is -2.11. The van der Waals surface area contributed by atoms with Gasteiger partial charge in [-0.2, -0.15) is 0 Å². The monoisotopic (exact) mass is 406 g/mol. The number of nitrogens with one attached hydrogen (secondary N) is 1. The van der Waals surface area contributed by atoms with E-state index in [4.69, 9.17) is 20.8 Å². The quantitative estimate of drug-likeness (QED) is 0.672. The van der Waals surface area contributed by atoms with E-state index in [0.29, 0.717) is 23.1 Å². The first-order valence-electron chi connectivity index (χ1n) is 7.75. The molecule has 7 nitrogen and oxygen atoms in total. The minimum atomic E-state index is -3.52. The number of benzene rings is 1. The molecule has 9 heteroatoms. The number of sulfone groups is 1. The Morgan fingerprint density at radius 3 is 2.70 bits per heavy atom. The highest BCUT2D eigenvalue weighted by molar-refractivity contribution is 7.90. The second-order valence-electron chi connectivity index (χ2n) is 5.64. The van der Waals surface area contributed by atoms with Crippen LogP contribution in [0.4, 0.5) is 5.69 Å². The Hall–Kier alpha value is -2.84. The molecule has 0 radical (unpaired) electrons. The molecule has 0 fully saturated rings. The third-order valence-electron chi connectivity index (χ3n) is 3.48. The first-order chi connectivity index (χ1) is 12.8. The minimum absolute atomic E-state index is 0.122. The lowest BCUT2D eigenvalue weighted by Gasteiger charge is -2.10. The van der Waals surface area contributed by atoms with Crippen LogP contribution in [0.2, 0.25) is 5.02 Å². The van der Waals surface area contributed by atoms with E-state index in [1.54, 1.807) is 24.5 Å². The molecule has 0 aliphatic heterocycles. The lowest BCUT2D eigenvalue weighted by atomic mass is 10.2. The van der Waals surface area contributed by atoms with Gasteiger partial charge in [0, 0.05) is 29.9 Å². The van der Waals surface area contributed by atoms with Crippen LogP contribution >= 0.6 is 11.6 Å². The summed E-state index contributed by atoms with van der Waals surface area (Å²) >= 11 is 6.19. The fraction of sp³-hybridized carbons (Fsp3) is 0.111. The third-order valence-corrected chi connectivity index (χ3v) is 4.72. The molecule has 140 valence electrons. The summed E-state index contributed by atoms with van der Waals surface area (Å²) in [7, 11) is -3.52. The molecular weight excluding hydrogens is 392 g/mol. The zero-order valence-corrected chi connectivity index (χ0v) is 15.8. The highest BCUT2D eigenvalue weighted by Crippen LogP contribution is 2.28. The Morgan fingerprint density at radius 2 is 2.07 bits per heavy atom. The number of hydrogen-bond donors (Lipinski definition) is 1. The van der Waals surface area contributed by atoms with E-state index in [-0.39, 0.29) is 10.9 Å². The normalized spacial score (nSPS) is 11.2. The second kappa shape index (κ2) is 7.81. The molecular formula is C18H15ClN2O5S. The van der Waals surface area contributed by atoms with Gasteiger partial charge in [0.05, 0.1) is 5.02 Å². The van der Waals surface area contributed by atoms with Crippen LogP contribution < -0.4 is 10.1 Å². The summed E-state index contributed by atoms with van der Waals surface area (Å²) < 4.78 is 33.5. The Balaban J connectivity index is 1.66. The van der Waals surface area contributed by atoms with E-state index in [1.165, 1.54) is 18.2 Å². The second-order valence-corrected chi connectivity index (χ2v) is 7.99. The molecule has 0 bridgehead atoms. The molecule has 1 aromatic carbocycles. The van der Waals surface area contributed by atoms with Crippen LogP contribution in [0.5, 0.6) is 5.75 Å². The number of nitrogens with zero attached hydrogens (tertiary/aromatic N) is 1. The molecule has 0 saturated carbocycles. The van der Waals surface area contributed by atoms with E-state index in [9.17, 15) is 13.2 Å². The van der Waals surface area contributed by atoms with Crippen molar-refractivity contribution in [2.75, 3.05) is 11.6 Å². The fourth-order valence-electron chi connectivity index (χ4n) is 2.17. The number of furan rings is 1. The summed E-state index contributed by atoms with van der Waals surface area (Å²) in [6.45, 7) is 0.305. The van der Waals surface area contributed by atoms with Crippen LogP contribution in [0.3, 0.4) is 0 Å². The van der Waals surface area contributed by atoms with Gasteiger partial charge in [-0.15, -0.1) is 0 Å². The molecule has 3 aromatic rings. The van der Waals surface area contributed by atoms with Crippen LogP contribution in [0.15, 0.2) is 64.4 Å². The maximum Gasteiger partial charge on any atom is 0.291 e. The molecule has 1 amide bonds. The predicted molar refractivity (Wildman–Crippen MR) is 99.8 cm³/mol. The van der Waals surface area contributed by atoms with Crippen molar-refractivity contribution in [1.29, 1.82) is 0 Å². The van der Waals surface area contributed by atoms with Crippen molar-refractivity contribution in [3.8, 4) is 5.75 Å². The van der Waals surface area contributed by atoms with Crippen molar-refractivity contribution in [2.45, 2.75) is 11.7 Å². The summed E-state index contributed by atoms with van der Waals surface area (Å²) in [6, 6.07) is 11.0. The van der Waals surface area contributed by atoms with Gasteiger partial charge in [-0.3, -0.25) is 9.78 Å². The first kappa shape index (κ1) is 18.9. The first-order valence-corrected chi connectivity index (χ1v) is 10.0. The van der Waals surface area contributed by atoms with Gasteiger partial charge in [-0.25, -0.2) is 8.42 Å². The van der Waals surface area contributed by atoms with E-state index in [2.05, 4.69) is 10.3 Å². The summed E-state index contributed by atoms with van der Waals surface area (Å²) in [5.74, 6) is -0.260. The summed E-state index contributed by atoms with van der Waals surface area (Å²) in [4.78, 5) is 16.2. The van der Waals surface area contributed by atoms with Crippen LogP contribution in [0.1, 0.15) is 16.1 Å². The summed E-state index contributed by atoms with van der Waals surface area (Å²) in [5.41, 5.74) is 1.31. The van der Waals surface area contributed by atoms with Crippen LogP contribution in [-0.2, 0) is 16.4 Å². The average Bonchev–Trinajstić information content (AvgIpc) is 3.13. The molecule has 1 N–H and O–H groups in total. The Labute approximate surface area is 160 Å². The standard InChI is InChI=1S/C18H15ClN2O5S/c1-27(23,24)17-7-6-16(26-17)18(22)21-13-4-5-15(14(19)9-13)25-11-12-3-2-8-20-10-12/h2-10H,11H2,1H3,(H,21,22). The van der Waals surface area contributed by atoms with Crippen molar-refractivity contribution >= 4 is 33.0 Å². The molecule has 0 aliphatic carbocycles. The molecule has 0 saturated heterocycles. The number of ether oxygens (including phenoxy) is 1. The average molecular weight is 407 g/mol. The largest absolute Gasteiger partial charge is 0.487 e. The number of carbonyl (C=O) groups is 1. The number of carbonyl (C=O) groups excluding carboxylic acids is 1. The zero-order valence-electron chi connectivity index (χ0n) is 14.2. The van der Waals surface area contributed by atoms with Crippen molar-refractivity contribution in [2.24, 2.45) is 0 Å². The highest BCUT2D eigenvalue weighted by Gasteiger charge is 2.17. The van der Waals surface area contributed by atoms with Gasteiger partial charge in [-0.1, -0.05) is 17.7 Å². The molecule has 27 heavy (non-hydrogen) atoms. The van der Waals surface area contributed by atoms with Gasteiger partial charge in [0.15, 0.2) is 5.76 Å². The Kier molecular flexibility index (Phi) is 5.48. The molecule has 2 aromatic heterocycles. The molecule has 0 spiro atoms. The number of rotatable bonds is 6.